The van der Waals surface area contributed by atoms with Gasteiger partial charge in [0.05, 0.1) is 16.8 Å². The molecule has 7 nitrogen and oxygen atoms in total. The number of aromatic nitrogens is 2. The van der Waals surface area contributed by atoms with Crippen molar-refractivity contribution in [3.63, 3.8) is 0 Å². The second-order valence-electron chi connectivity index (χ2n) is 7.38. The zero-order chi connectivity index (χ0) is 22.0. The maximum absolute atomic E-state index is 12.9. The Hall–Kier alpha value is -3.49. The summed E-state index contributed by atoms with van der Waals surface area (Å²) in [7, 11) is 3.80. The van der Waals surface area contributed by atoms with Crippen LogP contribution in [0.15, 0.2) is 59.4 Å². The molecule has 0 aliphatic rings. The maximum atomic E-state index is 12.9. The number of anilines is 1. The van der Waals surface area contributed by atoms with E-state index in [0.717, 1.165) is 5.75 Å². The number of carbonyl (C=O) groups excluding carboxylic acids is 1. The molecular weight excluding hydrogens is 412 g/mol. The first kappa shape index (κ1) is 20.8. The molecule has 0 spiro atoms. The van der Waals surface area contributed by atoms with Crippen molar-refractivity contribution >= 4 is 33.1 Å². The number of hydrogen-bond acceptors (Lipinski definition) is 6. The van der Waals surface area contributed by atoms with Crippen LogP contribution in [0.1, 0.15) is 21.1 Å². The van der Waals surface area contributed by atoms with Crippen LogP contribution in [0.2, 0.25) is 0 Å². The molecule has 2 N–H and O–H groups in total. The summed E-state index contributed by atoms with van der Waals surface area (Å²) in [4.78, 5) is 35.7. The van der Waals surface area contributed by atoms with Crippen molar-refractivity contribution in [2.24, 2.45) is 0 Å². The number of aromatic amines is 1. The molecule has 0 aliphatic heterocycles. The maximum Gasteiger partial charge on any atom is 0.266 e. The Labute approximate surface area is 183 Å². The van der Waals surface area contributed by atoms with Gasteiger partial charge in [-0.15, -0.1) is 11.3 Å². The molecule has 0 fully saturated rings. The Kier molecular flexibility index (Phi) is 5.83. The van der Waals surface area contributed by atoms with E-state index in [9.17, 15) is 9.59 Å². The number of nitrogens with one attached hydrogen (secondary N) is 2. The lowest BCUT2D eigenvalue weighted by molar-refractivity contribution is 0.103. The molecular formula is C23H22N4O3S. The largest absolute Gasteiger partial charge is 0.457 e. The first-order valence-corrected chi connectivity index (χ1v) is 10.5. The van der Waals surface area contributed by atoms with E-state index in [-0.39, 0.29) is 11.5 Å². The van der Waals surface area contributed by atoms with Crippen molar-refractivity contribution in [1.29, 1.82) is 0 Å². The van der Waals surface area contributed by atoms with Gasteiger partial charge in [-0.3, -0.25) is 9.59 Å². The lowest BCUT2D eigenvalue weighted by Gasteiger charge is -2.08. The van der Waals surface area contributed by atoms with E-state index in [0.29, 0.717) is 44.5 Å². The fourth-order valence-corrected chi connectivity index (χ4v) is 4.29. The number of ether oxygens (including phenoxy) is 1. The van der Waals surface area contributed by atoms with E-state index in [1.807, 2.05) is 49.3 Å². The number of amides is 1. The normalized spacial score (nSPS) is 11.1. The highest BCUT2D eigenvalue weighted by Gasteiger charge is 2.19. The third-order valence-corrected chi connectivity index (χ3v) is 5.80. The van der Waals surface area contributed by atoms with Crippen LogP contribution < -0.4 is 15.6 Å². The molecule has 0 atom stereocenters. The summed E-state index contributed by atoms with van der Waals surface area (Å²) in [6.45, 7) is 2.29. The molecule has 2 heterocycles. The van der Waals surface area contributed by atoms with Gasteiger partial charge in [0.1, 0.15) is 22.2 Å². The molecule has 0 radical (unpaired) electrons. The van der Waals surface area contributed by atoms with Gasteiger partial charge in [0.15, 0.2) is 0 Å². The molecule has 1 amide bonds. The highest BCUT2D eigenvalue weighted by atomic mass is 32.1. The van der Waals surface area contributed by atoms with Crippen molar-refractivity contribution in [1.82, 2.24) is 14.9 Å². The zero-order valence-corrected chi connectivity index (χ0v) is 18.2. The van der Waals surface area contributed by atoms with Gasteiger partial charge in [-0.1, -0.05) is 18.2 Å². The molecule has 158 valence electrons. The smallest absolute Gasteiger partial charge is 0.266 e. The topological polar surface area (TPSA) is 87.3 Å². The lowest BCUT2D eigenvalue weighted by atomic mass is 10.2. The number of hydrogen-bond donors (Lipinski definition) is 2. The third kappa shape index (κ3) is 4.65. The van der Waals surface area contributed by atoms with E-state index in [4.69, 9.17) is 4.74 Å². The SMILES string of the molecule is Cc1c(C(=O)Nc2ccc(Oc3ccccc3)cc2)sc2nc(CN(C)C)[nH]c(=O)c12. The van der Waals surface area contributed by atoms with Crippen LogP contribution in [0.3, 0.4) is 0 Å². The molecule has 0 unspecified atom stereocenters. The summed E-state index contributed by atoms with van der Waals surface area (Å²) in [5, 5.41) is 3.35. The van der Waals surface area contributed by atoms with Gasteiger partial charge in [-0.2, -0.15) is 0 Å². The number of H-pyrrole nitrogens is 1. The first-order chi connectivity index (χ1) is 14.9. The quantitative estimate of drug-likeness (QED) is 0.470. The van der Waals surface area contributed by atoms with Crippen molar-refractivity contribution in [3.8, 4) is 11.5 Å². The third-order valence-electron chi connectivity index (χ3n) is 4.61. The van der Waals surface area contributed by atoms with Gasteiger partial charge in [0, 0.05) is 5.69 Å². The molecule has 8 heteroatoms. The molecule has 4 aromatic rings. The second-order valence-corrected chi connectivity index (χ2v) is 8.38. The molecule has 31 heavy (non-hydrogen) atoms. The summed E-state index contributed by atoms with van der Waals surface area (Å²) in [6, 6.07) is 16.6. The van der Waals surface area contributed by atoms with E-state index < -0.39 is 0 Å². The number of fused-ring (bicyclic) bond motifs is 1. The van der Waals surface area contributed by atoms with Crippen LogP contribution in [-0.4, -0.2) is 34.9 Å². The monoisotopic (exact) mass is 434 g/mol. The Morgan fingerprint density at radius 2 is 1.77 bits per heavy atom. The number of aryl methyl sites for hydroxylation is 1. The van der Waals surface area contributed by atoms with Gasteiger partial charge in [-0.25, -0.2) is 4.98 Å². The predicted octanol–water partition coefficient (Wildman–Crippen LogP) is 4.40. The molecule has 0 saturated carbocycles. The van der Waals surface area contributed by atoms with Crippen LogP contribution in [0.4, 0.5) is 5.69 Å². The zero-order valence-electron chi connectivity index (χ0n) is 17.4. The highest BCUT2D eigenvalue weighted by Crippen LogP contribution is 2.28. The molecule has 2 aromatic heterocycles. The Balaban J connectivity index is 1.53. The van der Waals surface area contributed by atoms with Crippen LogP contribution in [0.25, 0.3) is 10.2 Å². The van der Waals surface area contributed by atoms with Crippen LogP contribution in [-0.2, 0) is 6.54 Å². The summed E-state index contributed by atoms with van der Waals surface area (Å²) >= 11 is 1.23. The Morgan fingerprint density at radius 1 is 1.10 bits per heavy atom. The van der Waals surface area contributed by atoms with Gasteiger partial charge in [0.25, 0.3) is 11.5 Å². The number of nitrogens with zero attached hydrogens (tertiary/aromatic N) is 2. The Morgan fingerprint density at radius 3 is 2.45 bits per heavy atom. The van der Waals surface area contributed by atoms with Gasteiger partial charge < -0.3 is 19.9 Å². The minimum atomic E-state index is -0.272. The van der Waals surface area contributed by atoms with Crippen molar-refractivity contribution in [3.05, 3.63) is 81.2 Å². The minimum Gasteiger partial charge on any atom is -0.457 e. The van der Waals surface area contributed by atoms with Gasteiger partial charge in [0.2, 0.25) is 0 Å². The van der Waals surface area contributed by atoms with Crippen molar-refractivity contribution < 1.29 is 9.53 Å². The summed E-state index contributed by atoms with van der Waals surface area (Å²) in [5.41, 5.74) is 1.04. The average Bonchev–Trinajstić information content (AvgIpc) is 3.06. The van der Waals surface area contributed by atoms with Crippen molar-refractivity contribution in [2.45, 2.75) is 13.5 Å². The van der Waals surface area contributed by atoms with Gasteiger partial charge in [-0.05, 0) is 63.0 Å². The summed E-state index contributed by atoms with van der Waals surface area (Å²) in [5.74, 6) is 1.72. The number of carbonyl (C=O) groups is 1. The summed E-state index contributed by atoms with van der Waals surface area (Å²) in [6.07, 6.45) is 0. The standard InChI is InChI=1S/C23H22N4O3S/c1-14-19-21(28)25-18(13-27(2)3)26-23(19)31-20(14)22(29)24-15-9-11-17(12-10-15)30-16-7-5-4-6-8-16/h4-12H,13H2,1-3H3,(H,24,29)(H,25,26,28). The lowest BCUT2D eigenvalue weighted by Crippen LogP contribution is -2.18. The number of para-hydroxylation sites is 1. The Bertz CT molecular complexity index is 1280. The minimum absolute atomic E-state index is 0.225. The number of thiophene rings is 1. The molecule has 0 bridgehead atoms. The second kappa shape index (κ2) is 8.71. The number of rotatable bonds is 6. The fourth-order valence-electron chi connectivity index (χ4n) is 3.20. The van der Waals surface area contributed by atoms with Gasteiger partial charge >= 0.3 is 0 Å². The molecule has 4 rings (SSSR count). The predicted molar refractivity (Wildman–Crippen MR) is 123 cm³/mol. The van der Waals surface area contributed by atoms with E-state index in [1.54, 1.807) is 31.2 Å². The van der Waals surface area contributed by atoms with E-state index in [2.05, 4.69) is 15.3 Å². The number of benzene rings is 2. The fraction of sp³-hybridized carbons (Fsp3) is 0.174. The van der Waals surface area contributed by atoms with E-state index >= 15 is 0 Å². The molecule has 2 aromatic carbocycles. The van der Waals surface area contributed by atoms with E-state index in [1.165, 1.54) is 11.3 Å². The van der Waals surface area contributed by atoms with Crippen molar-refractivity contribution in [2.75, 3.05) is 19.4 Å². The summed E-state index contributed by atoms with van der Waals surface area (Å²) < 4.78 is 5.77. The van der Waals surface area contributed by atoms with Crippen LogP contribution >= 0.6 is 11.3 Å². The van der Waals surface area contributed by atoms with Crippen LogP contribution in [0, 0.1) is 6.92 Å². The molecule has 0 saturated heterocycles. The molecule has 0 aliphatic carbocycles. The average molecular weight is 435 g/mol. The highest BCUT2D eigenvalue weighted by molar-refractivity contribution is 7.20. The first-order valence-electron chi connectivity index (χ1n) is 9.72. The van der Waals surface area contributed by atoms with Crippen LogP contribution in [0.5, 0.6) is 11.5 Å².